The Morgan fingerprint density at radius 2 is 1.59 bits per heavy atom. The van der Waals surface area contributed by atoms with Crippen molar-refractivity contribution in [2.45, 2.75) is 0 Å². The molecule has 0 aliphatic rings. The molecule has 1 N–H and O–H groups in total. The lowest BCUT2D eigenvalue weighted by Gasteiger charge is -2.02. The summed E-state index contributed by atoms with van der Waals surface area (Å²) in [7, 11) is 0.656. The molecule has 0 unspecified atom stereocenters. The van der Waals surface area contributed by atoms with Crippen LogP contribution in [0.3, 0.4) is 0 Å². The maximum absolute atomic E-state index is 8.63. The Morgan fingerprint density at radius 1 is 0.882 bits per heavy atom. The SMILES string of the molecule is O[B]Oc1ccccc1C#Cc1ccccc1. The molecule has 3 heteroatoms. The Bertz CT molecular complexity index is 541. The second-order valence-electron chi connectivity index (χ2n) is 3.34. The summed E-state index contributed by atoms with van der Waals surface area (Å²) in [6.07, 6.45) is 0. The van der Waals surface area contributed by atoms with Gasteiger partial charge in [0.05, 0.1) is 5.56 Å². The highest BCUT2D eigenvalue weighted by atomic mass is 16.5. The summed E-state index contributed by atoms with van der Waals surface area (Å²) in [6, 6.07) is 17.0. The van der Waals surface area contributed by atoms with Gasteiger partial charge in [0.2, 0.25) is 0 Å². The van der Waals surface area contributed by atoms with E-state index in [1.165, 1.54) is 0 Å². The molecule has 2 aromatic rings. The molecule has 2 aromatic carbocycles. The zero-order chi connectivity index (χ0) is 11.9. The van der Waals surface area contributed by atoms with Gasteiger partial charge in [0.1, 0.15) is 5.75 Å². The van der Waals surface area contributed by atoms with E-state index in [2.05, 4.69) is 11.8 Å². The van der Waals surface area contributed by atoms with Crippen LogP contribution in [0.25, 0.3) is 0 Å². The lowest BCUT2D eigenvalue weighted by atomic mass is 10.1. The van der Waals surface area contributed by atoms with E-state index in [1.807, 2.05) is 48.5 Å². The number of hydrogen-bond donors (Lipinski definition) is 1. The van der Waals surface area contributed by atoms with Crippen molar-refractivity contribution in [1.29, 1.82) is 0 Å². The van der Waals surface area contributed by atoms with Gasteiger partial charge in [0, 0.05) is 5.56 Å². The molecular formula is C14H10BO2. The molecule has 0 saturated heterocycles. The van der Waals surface area contributed by atoms with Crippen molar-refractivity contribution in [2.24, 2.45) is 0 Å². The van der Waals surface area contributed by atoms with Gasteiger partial charge in [-0.3, -0.25) is 0 Å². The molecule has 0 saturated carbocycles. The quantitative estimate of drug-likeness (QED) is 0.620. The lowest BCUT2D eigenvalue weighted by molar-refractivity contribution is 0.453. The van der Waals surface area contributed by atoms with Gasteiger partial charge in [-0.15, -0.1) is 0 Å². The molecule has 1 radical (unpaired) electrons. The van der Waals surface area contributed by atoms with Crippen LogP contribution in [0, 0.1) is 11.8 Å². The van der Waals surface area contributed by atoms with Crippen LogP contribution in [-0.4, -0.2) is 12.7 Å². The molecule has 0 bridgehead atoms. The van der Waals surface area contributed by atoms with Crippen molar-refractivity contribution in [1.82, 2.24) is 0 Å². The maximum Gasteiger partial charge on any atom is 0.569 e. The van der Waals surface area contributed by atoms with Crippen LogP contribution in [0.4, 0.5) is 0 Å². The first-order valence-corrected chi connectivity index (χ1v) is 5.19. The van der Waals surface area contributed by atoms with Crippen LogP contribution >= 0.6 is 0 Å². The van der Waals surface area contributed by atoms with Crippen molar-refractivity contribution in [3.05, 3.63) is 65.7 Å². The van der Waals surface area contributed by atoms with Gasteiger partial charge in [-0.2, -0.15) is 0 Å². The van der Waals surface area contributed by atoms with Gasteiger partial charge in [0.15, 0.2) is 0 Å². The molecule has 0 fully saturated rings. The molecule has 0 amide bonds. The first kappa shape index (κ1) is 11.3. The minimum absolute atomic E-state index is 0.540. The van der Waals surface area contributed by atoms with E-state index >= 15 is 0 Å². The summed E-state index contributed by atoms with van der Waals surface area (Å²) in [6.45, 7) is 0. The molecule has 0 heterocycles. The first-order chi connectivity index (χ1) is 8.40. The third kappa shape index (κ3) is 3.14. The largest absolute Gasteiger partial charge is 0.569 e. The smallest absolute Gasteiger partial charge is 0.537 e. The average molecular weight is 221 g/mol. The number of benzene rings is 2. The zero-order valence-electron chi connectivity index (χ0n) is 9.13. The average Bonchev–Trinajstić information content (AvgIpc) is 2.39. The lowest BCUT2D eigenvalue weighted by Crippen LogP contribution is -2.01. The predicted molar refractivity (Wildman–Crippen MR) is 67.5 cm³/mol. The van der Waals surface area contributed by atoms with E-state index < -0.39 is 0 Å². The molecule has 0 aliphatic carbocycles. The normalized spacial score (nSPS) is 9.00. The fraction of sp³-hybridized carbons (Fsp3) is 0. The minimum atomic E-state index is 0.540. The van der Waals surface area contributed by atoms with Gasteiger partial charge < -0.3 is 9.68 Å². The van der Waals surface area contributed by atoms with Crippen LogP contribution < -0.4 is 4.65 Å². The van der Waals surface area contributed by atoms with Gasteiger partial charge >= 0.3 is 7.69 Å². The topological polar surface area (TPSA) is 29.5 Å². The monoisotopic (exact) mass is 221 g/mol. The molecule has 2 rings (SSSR count). The Labute approximate surface area is 101 Å². The van der Waals surface area contributed by atoms with Crippen molar-refractivity contribution >= 4 is 7.69 Å². The number of rotatable bonds is 2. The molecule has 81 valence electrons. The van der Waals surface area contributed by atoms with E-state index in [0.717, 1.165) is 11.1 Å². The fourth-order valence-electron chi connectivity index (χ4n) is 1.39. The van der Waals surface area contributed by atoms with E-state index in [1.54, 1.807) is 6.07 Å². The molecule has 0 spiro atoms. The summed E-state index contributed by atoms with van der Waals surface area (Å²) in [5.41, 5.74) is 1.68. The van der Waals surface area contributed by atoms with E-state index in [4.69, 9.17) is 9.68 Å². The Kier molecular flexibility index (Phi) is 3.85. The summed E-state index contributed by atoms with van der Waals surface area (Å²) < 4.78 is 4.95. The zero-order valence-corrected chi connectivity index (χ0v) is 9.13. The molecular weight excluding hydrogens is 211 g/mol. The van der Waals surface area contributed by atoms with E-state index in [9.17, 15) is 0 Å². The van der Waals surface area contributed by atoms with E-state index in [0.29, 0.717) is 13.4 Å². The van der Waals surface area contributed by atoms with Crippen molar-refractivity contribution < 1.29 is 9.68 Å². The third-order valence-corrected chi connectivity index (χ3v) is 2.18. The van der Waals surface area contributed by atoms with Crippen molar-refractivity contribution in [2.75, 3.05) is 0 Å². The van der Waals surface area contributed by atoms with Gasteiger partial charge in [-0.25, -0.2) is 0 Å². The first-order valence-electron chi connectivity index (χ1n) is 5.19. The summed E-state index contributed by atoms with van der Waals surface area (Å²) in [5, 5.41) is 8.63. The summed E-state index contributed by atoms with van der Waals surface area (Å²) >= 11 is 0. The Hall–Kier alpha value is -2.18. The van der Waals surface area contributed by atoms with Crippen molar-refractivity contribution in [3.63, 3.8) is 0 Å². The molecule has 0 atom stereocenters. The molecule has 0 aliphatic heterocycles. The maximum atomic E-state index is 8.63. The summed E-state index contributed by atoms with van der Waals surface area (Å²) in [4.78, 5) is 0. The van der Waals surface area contributed by atoms with Gasteiger partial charge in [-0.1, -0.05) is 42.2 Å². The van der Waals surface area contributed by atoms with Crippen LogP contribution in [0.2, 0.25) is 0 Å². The van der Waals surface area contributed by atoms with Crippen LogP contribution in [0.1, 0.15) is 11.1 Å². The van der Waals surface area contributed by atoms with Crippen LogP contribution in [0.15, 0.2) is 54.6 Å². The highest BCUT2D eigenvalue weighted by Gasteiger charge is 1.99. The van der Waals surface area contributed by atoms with Gasteiger partial charge in [-0.05, 0) is 24.3 Å². The van der Waals surface area contributed by atoms with Gasteiger partial charge in [0.25, 0.3) is 0 Å². The number of para-hydroxylation sites is 1. The highest BCUT2D eigenvalue weighted by molar-refractivity contribution is 6.17. The number of hydrogen-bond acceptors (Lipinski definition) is 2. The van der Waals surface area contributed by atoms with Crippen LogP contribution in [-0.2, 0) is 0 Å². The van der Waals surface area contributed by atoms with Crippen molar-refractivity contribution in [3.8, 4) is 17.6 Å². The Balaban J connectivity index is 2.27. The second-order valence-corrected chi connectivity index (χ2v) is 3.34. The Morgan fingerprint density at radius 3 is 2.35 bits per heavy atom. The highest BCUT2D eigenvalue weighted by Crippen LogP contribution is 2.15. The predicted octanol–water partition coefficient (Wildman–Crippen LogP) is 1.99. The fourth-order valence-corrected chi connectivity index (χ4v) is 1.39. The van der Waals surface area contributed by atoms with E-state index in [-0.39, 0.29) is 0 Å². The molecule has 17 heavy (non-hydrogen) atoms. The standard InChI is InChI=1S/C14H10BO2/c16-15-17-14-9-5-4-8-13(14)11-10-12-6-2-1-3-7-12/h1-9,16H. The third-order valence-electron chi connectivity index (χ3n) is 2.18. The van der Waals surface area contributed by atoms with Crippen LogP contribution in [0.5, 0.6) is 5.75 Å². The second kappa shape index (κ2) is 5.79. The minimum Gasteiger partial charge on any atom is -0.537 e. The molecule has 0 aromatic heterocycles. The molecule has 2 nitrogen and oxygen atoms in total. The summed E-state index contributed by atoms with van der Waals surface area (Å²) in [5.74, 6) is 6.58.